The van der Waals surface area contributed by atoms with Gasteiger partial charge in [0.1, 0.15) is 0 Å². The van der Waals surface area contributed by atoms with Crippen LogP contribution in [-0.4, -0.2) is 15.6 Å². The summed E-state index contributed by atoms with van der Waals surface area (Å²) < 4.78 is 2.25. The van der Waals surface area contributed by atoms with E-state index in [1.165, 1.54) is 48.3 Å². The highest BCUT2D eigenvalue weighted by Crippen LogP contribution is 2.29. The van der Waals surface area contributed by atoms with Gasteiger partial charge >= 0.3 is 0 Å². The van der Waals surface area contributed by atoms with E-state index in [4.69, 9.17) is 11.6 Å². The summed E-state index contributed by atoms with van der Waals surface area (Å²) >= 11 is 6.46. The van der Waals surface area contributed by atoms with Gasteiger partial charge in [0.15, 0.2) is 0 Å². The van der Waals surface area contributed by atoms with Gasteiger partial charge in [0, 0.05) is 28.9 Å². The number of nitrogens with one attached hydrogen (secondary N) is 1. The molecule has 1 heterocycles. The zero-order chi connectivity index (χ0) is 14.2. The minimum atomic E-state index is 0.686. The van der Waals surface area contributed by atoms with Crippen molar-refractivity contribution in [1.29, 1.82) is 0 Å². The molecule has 2 aromatic rings. The Kier molecular flexibility index (Phi) is 3.48. The summed E-state index contributed by atoms with van der Waals surface area (Å²) in [5, 5.41) is 4.42. The molecule has 1 N–H and O–H groups in total. The number of hydrogen-bond acceptors (Lipinski definition) is 2. The molecule has 0 amide bonds. The lowest BCUT2D eigenvalue weighted by Crippen LogP contribution is -2.18. The Morgan fingerprint density at radius 3 is 2.95 bits per heavy atom. The van der Waals surface area contributed by atoms with E-state index in [1.807, 2.05) is 18.5 Å². The summed E-state index contributed by atoms with van der Waals surface area (Å²) in [6.45, 7) is 0.840. The van der Waals surface area contributed by atoms with Gasteiger partial charge in [-0.3, -0.25) is 0 Å². The highest BCUT2D eigenvalue weighted by molar-refractivity contribution is 6.31. The third kappa shape index (κ3) is 2.60. The monoisotopic (exact) mass is 301 g/mol. The first kappa shape index (κ1) is 13.4. The third-order valence-corrected chi connectivity index (χ3v) is 4.88. The maximum atomic E-state index is 6.46. The summed E-state index contributed by atoms with van der Waals surface area (Å²) in [4.78, 5) is 4.61. The van der Waals surface area contributed by atoms with Crippen molar-refractivity contribution < 1.29 is 0 Å². The van der Waals surface area contributed by atoms with Gasteiger partial charge in [0.05, 0.1) is 17.7 Å². The van der Waals surface area contributed by atoms with Gasteiger partial charge in [-0.15, -0.1) is 0 Å². The molecule has 4 rings (SSSR count). The predicted molar refractivity (Wildman–Crippen MR) is 85.1 cm³/mol. The van der Waals surface area contributed by atoms with Gasteiger partial charge in [0.25, 0.3) is 0 Å². The van der Waals surface area contributed by atoms with Crippen LogP contribution < -0.4 is 5.32 Å². The fraction of sp³-hybridized carbons (Fsp3) is 0.471. The number of imidazole rings is 1. The summed E-state index contributed by atoms with van der Waals surface area (Å²) in [5.41, 5.74) is 5.02. The lowest BCUT2D eigenvalue weighted by Gasteiger charge is -2.18. The molecular weight excluding hydrogens is 282 g/mol. The van der Waals surface area contributed by atoms with Gasteiger partial charge in [-0.2, -0.15) is 0 Å². The molecule has 0 aliphatic heterocycles. The highest BCUT2D eigenvalue weighted by atomic mass is 35.5. The van der Waals surface area contributed by atoms with E-state index in [-0.39, 0.29) is 0 Å². The second kappa shape index (κ2) is 5.47. The van der Waals surface area contributed by atoms with Crippen LogP contribution in [0.3, 0.4) is 0 Å². The topological polar surface area (TPSA) is 29.9 Å². The van der Waals surface area contributed by atoms with Crippen LogP contribution in [0.2, 0.25) is 5.02 Å². The first-order valence-corrected chi connectivity index (χ1v) is 8.27. The first-order valence-electron chi connectivity index (χ1n) is 7.89. The number of hydrogen-bond donors (Lipinski definition) is 1. The number of benzene rings is 1. The maximum Gasteiger partial charge on any atom is 0.0997 e. The number of halogens is 1. The van der Waals surface area contributed by atoms with E-state index in [1.54, 1.807) is 0 Å². The number of rotatable bonds is 4. The van der Waals surface area contributed by atoms with E-state index in [0.29, 0.717) is 6.04 Å². The van der Waals surface area contributed by atoms with Crippen LogP contribution in [0.1, 0.15) is 42.6 Å². The van der Waals surface area contributed by atoms with Gasteiger partial charge in [-0.05, 0) is 50.7 Å². The van der Waals surface area contributed by atoms with Gasteiger partial charge in [-0.1, -0.05) is 17.7 Å². The minimum absolute atomic E-state index is 0.686. The zero-order valence-corrected chi connectivity index (χ0v) is 12.9. The van der Waals surface area contributed by atoms with E-state index < -0.39 is 0 Å². The Bertz CT molecular complexity index is 658. The molecular formula is C17H20ClN3. The van der Waals surface area contributed by atoms with Gasteiger partial charge in [-0.25, -0.2) is 4.98 Å². The molecule has 0 spiro atoms. The summed E-state index contributed by atoms with van der Waals surface area (Å²) in [6, 6.07) is 6.86. The van der Waals surface area contributed by atoms with Crippen LogP contribution in [-0.2, 0) is 19.4 Å². The van der Waals surface area contributed by atoms with Crippen molar-refractivity contribution in [3.05, 3.63) is 46.5 Å². The smallest absolute Gasteiger partial charge is 0.0997 e. The Morgan fingerprint density at radius 1 is 1.24 bits per heavy atom. The van der Waals surface area contributed by atoms with Crippen LogP contribution >= 0.6 is 11.6 Å². The second-order valence-corrected chi connectivity index (χ2v) is 6.51. The van der Waals surface area contributed by atoms with E-state index in [9.17, 15) is 0 Å². The third-order valence-electron chi connectivity index (χ3n) is 4.53. The molecule has 1 fully saturated rings. The first-order chi connectivity index (χ1) is 10.3. The molecule has 3 nitrogen and oxygen atoms in total. The molecule has 2 aliphatic carbocycles. The molecule has 110 valence electrons. The second-order valence-electron chi connectivity index (χ2n) is 6.11. The van der Waals surface area contributed by atoms with E-state index in [2.05, 4.69) is 20.9 Å². The quantitative estimate of drug-likeness (QED) is 0.934. The van der Waals surface area contributed by atoms with Gasteiger partial charge in [0.2, 0.25) is 0 Å². The number of nitrogens with zero attached hydrogens (tertiary/aromatic N) is 2. The SMILES string of the molecule is Clc1cccc(-n2cnc3c2CCCC3)c1CNC1CC1. The van der Waals surface area contributed by atoms with Gasteiger partial charge < -0.3 is 9.88 Å². The molecule has 1 aromatic carbocycles. The van der Waals surface area contributed by atoms with Crippen LogP contribution in [0.5, 0.6) is 0 Å². The fourth-order valence-electron chi connectivity index (χ4n) is 3.16. The minimum Gasteiger partial charge on any atom is -0.310 e. The van der Waals surface area contributed by atoms with Crippen molar-refractivity contribution >= 4 is 11.6 Å². The molecule has 0 bridgehead atoms. The van der Waals surface area contributed by atoms with Crippen molar-refractivity contribution in [2.75, 3.05) is 0 Å². The van der Waals surface area contributed by atoms with Crippen LogP contribution in [0.4, 0.5) is 0 Å². The van der Waals surface area contributed by atoms with Crippen LogP contribution in [0.15, 0.2) is 24.5 Å². The fourth-order valence-corrected chi connectivity index (χ4v) is 3.39. The average molecular weight is 302 g/mol. The number of aryl methyl sites for hydroxylation is 1. The van der Waals surface area contributed by atoms with Crippen molar-refractivity contribution in [3.8, 4) is 5.69 Å². The standard InChI is InChI=1S/C17H20ClN3/c18-14-4-3-7-16(13(14)10-19-12-8-9-12)21-11-20-15-5-1-2-6-17(15)21/h3-4,7,11-12,19H,1-2,5-6,8-10H2. The van der Waals surface area contributed by atoms with Crippen molar-refractivity contribution in [1.82, 2.24) is 14.9 Å². The van der Waals surface area contributed by atoms with Crippen LogP contribution in [0, 0.1) is 0 Å². The summed E-state index contributed by atoms with van der Waals surface area (Å²) in [7, 11) is 0. The molecule has 1 aromatic heterocycles. The molecule has 2 aliphatic rings. The molecule has 0 atom stereocenters. The highest BCUT2D eigenvalue weighted by Gasteiger charge is 2.22. The van der Waals surface area contributed by atoms with E-state index in [0.717, 1.165) is 24.4 Å². The Balaban J connectivity index is 1.73. The lowest BCUT2D eigenvalue weighted by molar-refractivity contribution is 0.651. The number of aromatic nitrogens is 2. The predicted octanol–water partition coefficient (Wildman–Crippen LogP) is 3.66. The Hall–Kier alpha value is -1.32. The molecule has 4 heteroatoms. The van der Waals surface area contributed by atoms with E-state index >= 15 is 0 Å². The Morgan fingerprint density at radius 2 is 2.10 bits per heavy atom. The number of fused-ring (bicyclic) bond motifs is 1. The molecule has 1 saturated carbocycles. The molecule has 0 radical (unpaired) electrons. The normalized spacial score (nSPS) is 17.8. The molecule has 21 heavy (non-hydrogen) atoms. The Labute approximate surface area is 130 Å². The largest absolute Gasteiger partial charge is 0.310 e. The average Bonchev–Trinajstić information content (AvgIpc) is 3.23. The van der Waals surface area contributed by atoms with Crippen molar-refractivity contribution in [2.24, 2.45) is 0 Å². The summed E-state index contributed by atoms with van der Waals surface area (Å²) in [6.07, 6.45) is 9.31. The van der Waals surface area contributed by atoms with Crippen molar-refractivity contribution in [3.63, 3.8) is 0 Å². The zero-order valence-electron chi connectivity index (χ0n) is 12.1. The maximum absolute atomic E-state index is 6.46. The lowest BCUT2D eigenvalue weighted by atomic mass is 10.0. The van der Waals surface area contributed by atoms with Crippen molar-refractivity contribution in [2.45, 2.75) is 51.1 Å². The molecule has 0 unspecified atom stereocenters. The van der Waals surface area contributed by atoms with Crippen LogP contribution in [0.25, 0.3) is 5.69 Å². The molecule has 0 saturated heterocycles. The summed E-state index contributed by atoms with van der Waals surface area (Å²) in [5.74, 6) is 0.